The summed E-state index contributed by atoms with van der Waals surface area (Å²) >= 11 is 0. The number of nitrogens with zero attached hydrogens (tertiary/aromatic N) is 3. The van der Waals surface area contributed by atoms with E-state index in [1.165, 1.54) is 17.7 Å². The summed E-state index contributed by atoms with van der Waals surface area (Å²) in [6.07, 6.45) is 9.19. The molecule has 1 saturated heterocycles. The minimum absolute atomic E-state index is 0.0217. The second kappa shape index (κ2) is 16.0. The van der Waals surface area contributed by atoms with E-state index < -0.39 is 0 Å². The Bertz CT molecular complexity index is 1620. The lowest BCUT2D eigenvalue weighted by atomic mass is 10.1. The van der Waals surface area contributed by atoms with Crippen molar-refractivity contribution < 1.29 is 23.4 Å². The number of hydrogen-bond donors (Lipinski definition) is 0. The van der Waals surface area contributed by atoms with E-state index in [4.69, 9.17) is 14.2 Å². The summed E-state index contributed by atoms with van der Waals surface area (Å²) in [5, 5.41) is 0. The lowest BCUT2D eigenvalue weighted by Crippen LogP contribution is -2.47. The molecule has 1 amide bonds. The first-order valence-corrected chi connectivity index (χ1v) is 15.4. The van der Waals surface area contributed by atoms with Crippen molar-refractivity contribution in [1.82, 2.24) is 14.8 Å². The Kier molecular flexibility index (Phi) is 11.3. The van der Waals surface area contributed by atoms with Crippen LogP contribution in [0.25, 0.3) is 12.2 Å². The number of carbonyl (C=O) groups is 1. The van der Waals surface area contributed by atoms with E-state index in [0.29, 0.717) is 37.9 Å². The summed E-state index contributed by atoms with van der Waals surface area (Å²) in [5.41, 5.74) is 6.11. The number of rotatable bonds is 12. The van der Waals surface area contributed by atoms with Crippen molar-refractivity contribution in [3.63, 3.8) is 0 Å². The molecule has 0 radical (unpaired) electrons. The molecule has 7 nitrogen and oxygen atoms in total. The zero-order chi connectivity index (χ0) is 32.3. The zero-order valence-electron chi connectivity index (χ0n) is 26.6. The maximum atomic E-state index is 13.1. The maximum absolute atomic E-state index is 13.1. The van der Waals surface area contributed by atoms with Crippen molar-refractivity contribution in [3.8, 4) is 17.4 Å². The highest BCUT2D eigenvalue weighted by Gasteiger charge is 2.19. The van der Waals surface area contributed by atoms with Gasteiger partial charge in [0.25, 0.3) is 0 Å². The summed E-state index contributed by atoms with van der Waals surface area (Å²) in [7, 11) is 1.69. The third-order valence-corrected chi connectivity index (χ3v) is 7.78. The van der Waals surface area contributed by atoms with Gasteiger partial charge < -0.3 is 19.1 Å². The minimum Gasteiger partial charge on any atom is -0.487 e. The molecule has 0 unspecified atom stereocenters. The molecule has 2 heterocycles. The van der Waals surface area contributed by atoms with Crippen LogP contribution in [-0.2, 0) is 22.7 Å². The van der Waals surface area contributed by atoms with Crippen LogP contribution in [0.3, 0.4) is 0 Å². The van der Waals surface area contributed by atoms with Crippen LogP contribution in [0.1, 0.15) is 33.4 Å². The number of halogens is 1. The lowest BCUT2D eigenvalue weighted by Gasteiger charge is -2.34. The van der Waals surface area contributed by atoms with Crippen molar-refractivity contribution in [3.05, 3.63) is 130 Å². The van der Waals surface area contributed by atoms with Crippen molar-refractivity contribution in [1.29, 1.82) is 0 Å². The molecule has 1 aliphatic rings. The number of amides is 1. The highest BCUT2D eigenvalue weighted by molar-refractivity contribution is 5.92. The van der Waals surface area contributed by atoms with Crippen LogP contribution in [0.2, 0.25) is 0 Å². The van der Waals surface area contributed by atoms with Crippen LogP contribution < -0.4 is 9.47 Å². The summed E-state index contributed by atoms with van der Waals surface area (Å²) in [4.78, 5) is 21.7. The molecule has 0 N–H and O–H groups in total. The molecule has 1 aromatic heterocycles. The molecule has 238 valence electrons. The van der Waals surface area contributed by atoms with E-state index in [1.54, 1.807) is 43.6 Å². The molecule has 4 aromatic rings. The van der Waals surface area contributed by atoms with E-state index >= 15 is 0 Å². The molecule has 0 spiro atoms. The van der Waals surface area contributed by atoms with Gasteiger partial charge in [-0.15, -0.1) is 0 Å². The van der Waals surface area contributed by atoms with E-state index in [-0.39, 0.29) is 11.7 Å². The van der Waals surface area contributed by atoms with Gasteiger partial charge in [0.2, 0.25) is 11.8 Å². The first-order chi connectivity index (χ1) is 22.4. The fraction of sp³-hybridized carbons (Fsp3) is 0.263. The number of benzene rings is 3. The zero-order valence-corrected chi connectivity index (χ0v) is 26.6. The predicted octanol–water partition coefficient (Wildman–Crippen LogP) is 7.23. The molecular formula is C38H40FN3O4. The van der Waals surface area contributed by atoms with Crippen molar-refractivity contribution in [2.45, 2.75) is 27.0 Å². The van der Waals surface area contributed by atoms with Gasteiger partial charge in [-0.1, -0.05) is 48.6 Å². The van der Waals surface area contributed by atoms with Gasteiger partial charge in [-0.25, -0.2) is 9.37 Å². The van der Waals surface area contributed by atoms with Gasteiger partial charge >= 0.3 is 0 Å². The molecule has 0 saturated carbocycles. The molecule has 0 aliphatic carbocycles. The molecule has 0 bridgehead atoms. The van der Waals surface area contributed by atoms with Gasteiger partial charge in [-0.05, 0) is 83.6 Å². The fourth-order valence-corrected chi connectivity index (χ4v) is 5.28. The second-order valence-electron chi connectivity index (χ2n) is 11.4. The van der Waals surface area contributed by atoms with E-state index in [9.17, 15) is 9.18 Å². The average Bonchev–Trinajstić information content (AvgIpc) is 3.07. The third kappa shape index (κ3) is 9.36. The topological polar surface area (TPSA) is 64.1 Å². The van der Waals surface area contributed by atoms with Gasteiger partial charge in [-0.2, -0.15) is 0 Å². The number of hydrogen-bond acceptors (Lipinski definition) is 6. The standard InChI is InChI=1S/C38H40FN3O4/c1-28-23-33(24-29(2)38(28)46-36-16-15-35(25-40-36)45-27-32-10-13-34(39)14-11-32)12-17-37(43)42-20-18-41(19-21-42)26-31-8-6-30(7-9-31)5-4-22-44-3/h4-17,23-25H,18-22,26-27H2,1-3H3/b5-4+,17-12+. The molecule has 46 heavy (non-hydrogen) atoms. The number of aromatic nitrogens is 1. The van der Waals surface area contributed by atoms with Gasteiger partial charge in [-0.3, -0.25) is 9.69 Å². The first kappa shape index (κ1) is 32.6. The minimum atomic E-state index is -0.276. The summed E-state index contributed by atoms with van der Waals surface area (Å²) in [6.45, 7) is 8.84. The van der Waals surface area contributed by atoms with Gasteiger partial charge in [0.05, 0.1) is 12.8 Å². The van der Waals surface area contributed by atoms with Crippen LogP contribution in [0.15, 0.2) is 91.1 Å². The van der Waals surface area contributed by atoms with E-state index in [1.807, 2.05) is 43.0 Å². The number of methoxy groups -OCH3 is 1. The smallest absolute Gasteiger partial charge is 0.246 e. The summed E-state index contributed by atoms with van der Waals surface area (Å²) in [6, 6.07) is 22.3. The molecule has 8 heteroatoms. The number of pyridine rings is 1. The number of aryl methyl sites for hydroxylation is 2. The van der Waals surface area contributed by atoms with Crippen LogP contribution in [0, 0.1) is 19.7 Å². The van der Waals surface area contributed by atoms with Crippen molar-refractivity contribution in [2.24, 2.45) is 0 Å². The Morgan fingerprint density at radius 3 is 2.22 bits per heavy atom. The molecule has 1 aliphatic heterocycles. The van der Waals surface area contributed by atoms with Crippen LogP contribution in [0.5, 0.6) is 17.4 Å². The van der Waals surface area contributed by atoms with Gasteiger partial charge in [0, 0.05) is 52.0 Å². The monoisotopic (exact) mass is 621 g/mol. The van der Waals surface area contributed by atoms with Crippen LogP contribution in [0.4, 0.5) is 4.39 Å². The normalized spacial score (nSPS) is 13.9. The second-order valence-corrected chi connectivity index (χ2v) is 11.4. The highest BCUT2D eigenvalue weighted by atomic mass is 19.1. The Hall–Kier alpha value is -4.79. The number of carbonyl (C=O) groups excluding carboxylic acids is 1. The Labute approximate surface area is 270 Å². The Balaban J connectivity index is 1.09. The molecular weight excluding hydrogens is 581 g/mol. The largest absolute Gasteiger partial charge is 0.487 e. The quantitative estimate of drug-likeness (QED) is 0.156. The predicted molar refractivity (Wildman–Crippen MR) is 179 cm³/mol. The Morgan fingerprint density at radius 1 is 0.870 bits per heavy atom. The molecule has 5 rings (SSSR count). The number of ether oxygens (including phenoxy) is 3. The third-order valence-electron chi connectivity index (χ3n) is 7.78. The van der Waals surface area contributed by atoms with Crippen LogP contribution in [-0.4, -0.2) is 60.6 Å². The number of piperazine rings is 1. The lowest BCUT2D eigenvalue weighted by molar-refractivity contribution is -0.127. The highest BCUT2D eigenvalue weighted by Crippen LogP contribution is 2.30. The maximum Gasteiger partial charge on any atom is 0.246 e. The van der Waals surface area contributed by atoms with Gasteiger partial charge in [0.15, 0.2) is 0 Å². The SMILES string of the molecule is COC/C=C/c1ccc(CN2CCN(C(=O)/C=C/c3cc(C)c(Oc4ccc(OCc5ccc(F)cc5)cn4)c(C)c3)CC2)cc1. The summed E-state index contributed by atoms with van der Waals surface area (Å²) in [5.74, 6) is 1.51. The van der Waals surface area contributed by atoms with E-state index in [2.05, 4.69) is 40.2 Å². The first-order valence-electron chi connectivity index (χ1n) is 15.4. The van der Waals surface area contributed by atoms with Gasteiger partial charge in [0.1, 0.15) is 23.9 Å². The van der Waals surface area contributed by atoms with E-state index in [0.717, 1.165) is 53.2 Å². The van der Waals surface area contributed by atoms with Crippen LogP contribution >= 0.6 is 0 Å². The van der Waals surface area contributed by atoms with Crippen molar-refractivity contribution in [2.75, 3.05) is 39.9 Å². The molecule has 0 atom stereocenters. The van der Waals surface area contributed by atoms with Crippen molar-refractivity contribution >= 4 is 18.1 Å². The molecule has 3 aromatic carbocycles. The Morgan fingerprint density at radius 2 is 1.57 bits per heavy atom. The molecule has 1 fully saturated rings. The fourth-order valence-electron chi connectivity index (χ4n) is 5.28. The average molecular weight is 622 g/mol. The summed E-state index contributed by atoms with van der Waals surface area (Å²) < 4.78 is 30.0.